The van der Waals surface area contributed by atoms with Gasteiger partial charge in [-0.25, -0.2) is 9.78 Å². The van der Waals surface area contributed by atoms with Gasteiger partial charge in [0, 0.05) is 12.4 Å². The fourth-order valence-electron chi connectivity index (χ4n) is 2.72. The van der Waals surface area contributed by atoms with E-state index in [1.165, 1.54) is 22.6 Å². The Hall–Kier alpha value is -2.87. The van der Waals surface area contributed by atoms with Crippen LogP contribution in [-0.2, 0) is 16.6 Å². The highest BCUT2D eigenvalue weighted by molar-refractivity contribution is 8.00. The lowest BCUT2D eigenvalue weighted by molar-refractivity contribution is -0.115. The molecule has 0 aliphatic heterocycles. The molecule has 0 spiro atoms. The van der Waals surface area contributed by atoms with Crippen LogP contribution in [-0.4, -0.2) is 38.5 Å². The predicted molar refractivity (Wildman–Crippen MR) is 109 cm³/mol. The third-order valence-corrected chi connectivity index (χ3v) is 5.48. The van der Waals surface area contributed by atoms with Crippen LogP contribution < -0.4 is 5.32 Å². The second-order valence-electron chi connectivity index (χ2n) is 6.10. The van der Waals surface area contributed by atoms with Gasteiger partial charge in [-0.3, -0.25) is 9.48 Å². The second kappa shape index (κ2) is 8.88. The van der Waals surface area contributed by atoms with E-state index in [2.05, 4.69) is 15.4 Å². The number of carbonyl (C=O) groups excluding carboxylic acids is 2. The molecule has 0 saturated carbocycles. The number of nitrogens with one attached hydrogen (secondary N) is 1. The fourth-order valence-corrected chi connectivity index (χ4v) is 3.64. The minimum absolute atomic E-state index is 0.211. The van der Waals surface area contributed by atoms with Crippen molar-refractivity contribution in [2.75, 3.05) is 11.9 Å². The van der Waals surface area contributed by atoms with Crippen LogP contribution in [0.3, 0.4) is 0 Å². The first kappa shape index (κ1) is 19.9. The van der Waals surface area contributed by atoms with E-state index >= 15 is 0 Å². The predicted octanol–water partition coefficient (Wildman–Crippen LogP) is 3.65. The minimum atomic E-state index is -0.511. The van der Waals surface area contributed by atoms with Crippen LogP contribution >= 0.6 is 11.8 Å². The van der Waals surface area contributed by atoms with Gasteiger partial charge in [-0.15, -0.1) is 0 Å². The van der Waals surface area contributed by atoms with Gasteiger partial charge in [0.05, 0.1) is 28.6 Å². The minimum Gasteiger partial charge on any atom is -0.462 e. The van der Waals surface area contributed by atoms with Gasteiger partial charge in [0.25, 0.3) is 0 Å². The van der Waals surface area contributed by atoms with Gasteiger partial charge in [0.2, 0.25) is 5.91 Å². The van der Waals surface area contributed by atoms with E-state index in [4.69, 9.17) is 4.74 Å². The monoisotopic (exact) mass is 398 g/mol. The summed E-state index contributed by atoms with van der Waals surface area (Å²) >= 11 is 1.39. The molecule has 2 aromatic heterocycles. The van der Waals surface area contributed by atoms with Gasteiger partial charge in [0.15, 0.2) is 0 Å². The Morgan fingerprint density at radius 2 is 2.00 bits per heavy atom. The molecule has 8 heteroatoms. The van der Waals surface area contributed by atoms with Crippen LogP contribution in [0.2, 0.25) is 0 Å². The lowest BCUT2D eigenvalue weighted by Crippen LogP contribution is -2.27. The molecule has 0 unspecified atom stereocenters. The molecular formula is C20H22N4O3S. The van der Waals surface area contributed by atoms with Crippen molar-refractivity contribution < 1.29 is 14.3 Å². The number of nitrogens with zero attached hydrogens (tertiary/aromatic N) is 3. The molecule has 1 N–H and O–H groups in total. The Kier molecular flexibility index (Phi) is 6.30. The molecule has 0 saturated heterocycles. The standard InChI is InChI=1S/C20H22N4O3S/c1-4-16(28-17-11-10-13-8-6-7-9-15(13)22-17)19(25)23-18-14(12-21-24(18)3)20(26)27-5-2/h6-12,16H,4-5H2,1-3H3,(H,23,25)/t16-/m0/s1. The number of fused-ring (bicyclic) bond motifs is 1. The van der Waals surface area contributed by atoms with Crippen molar-refractivity contribution in [3.8, 4) is 0 Å². The normalized spacial score (nSPS) is 12.0. The number of hydrogen-bond donors (Lipinski definition) is 1. The van der Waals surface area contributed by atoms with Gasteiger partial charge in [-0.2, -0.15) is 5.10 Å². The fraction of sp³-hybridized carbons (Fsp3) is 0.300. The summed E-state index contributed by atoms with van der Waals surface area (Å²) in [6, 6.07) is 11.8. The van der Waals surface area contributed by atoms with Crippen molar-refractivity contribution in [3.05, 3.63) is 48.2 Å². The first-order valence-corrected chi connectivity index (χ1v) is 9.93. The highest BCUT2D eigenvalue weighted by Gasteiger charge is 2.24. The number of ether oxygens (including phenoxy) is 1. The molecule has 0 radical (unpaired) electrons. The lowest BCUT2D eigenvalue weighted by Gasteiger charge is -2.15. The molecule has 146 valence electrons. The number of hydrogen-bond acceptors (Lipinski definition) is 6. The molecule has 0 aliphatic carbocycles. The van der Waals surface area contributed by atoms with Crippen LogP contribution in [0, 0.1) is 0 Å². The number of anilines is 1. The number of benzene rings is 1. The molecule has 7 nitrogen and oxygen atoms in total. The van der Waals surface area contributed by atoms with Gasteiger partial charge < -0.3 is 10.1 Å². The molecule has 1 atom stereocenters. The van der Waals surface area contributed by atoms with Crippen molar-refractivity contribution in [2.24, 2.45) is 7.05 Å². The zero-order valence-electron chi connectivity index (χ0n) is 16.0. The van der Waals surface area contributed by atoms with E-state index in [1.54, 1.807) is 14.0 Å². The van der Waals surface area contributed by atoms with Gasteiger partial charge in [-0.1, -0.05) is 43.0 Å². The van der Waals surface area contributed by atoms with Crippen molar-refractivity contribution in [2.45, 2.75) is 30.5 Å². The molecule has 2 heterocycles. The third kappa shape index (κ3) is 4.33. The number of amides is 1. The van der Waals surface area contributed by atoms with Crippen LogP contribution in [0.25, 0.3) is 10.9 Å². The zero-order valence-corrected chi connectivity index (χ0v) is 16.8. The number of rotatable bonds is 7. The molecule has 0 bridgehead atoms. The molecule has 0 aliphatic rings. The molecule has 3 rings (SSSR count). The number of carbonyl (C=O) groups is 2. The first-order valence-electron chi connectivity index (χ1n) is 9.05. The Balaban J connectivity index is 1.77. The highest BCUT2D eigenvalue weighted by Crippen LogP contribution is 2.27. The largest absolute Gasteiger partial charge is 0.462 e. The van der Waals surface area contributed by atoms with Crippen LogP contribution in [0.4, 0.5) is 5.82 Å². The summed E-state index contributed by atoms with van der Waals surface area (Å²) in [6.45, 7) is 3.92. The van der Waals surface area contributed by atoms with E-state index in [0.717, 1.165) is 15.9 Å². The zero-order chi connectivity index (χ0) is 20.1. The van der Waals surface area contributed by atoms with Crippen LogP contribution in [0.15, 0.2) is 47.6 Å². The van der Waals surface area contributed by atoms with E-state index in [9.17, 15) is 9.59 Å². The summed E-state index contributed by atoms with van der Waals surface area (Å²) in [5.74, 6) is -0.395. The molecule has 28 heavy (non-hydrogen) atoms. The van der Waals surface area contributed by atoms with Crippen molar-refractivity contribution in [3.63, 3.8) is 0 Å². The number of pyridine rings is 1. The number of para-hydroxylation sites is 1. The maximum Gasteiger partial charge on any atom is 0.343 e. The topological polar surface area (TPSA) is 86.1 Å². The molecular weight excluding hydrogens is 376 g/mol. The van der Waals surface area contributed by atoms with Crippen LogP contribution in [0.1, 0.15) is 30.6 Å². The maximum absolute atomic E-state index is 12.8. The average molecular weight is 398 g/mol. The first-order chi connectivity index (χ1) is 13.5. The number of esters is 1. The SMILES string of the molecule is CCOC(=O)c1cnn(C)c1NC(=O)[C@H](CC)Sc1ccc2ccccc2n1. The summed E-state index contributed by atoms with van der Waals surface area (Å²) in [7, 11) is 1.66. The van der Waals surface area contributed by atoms with Crippen molar-refractivity contribution in [1.82, 2.24) is 14.8 Å². The van der Waals surface area contributed by atoms with E-state index in [0.29, 0.717) is 12.2 Å². The Bertz CT molecular complexity index is 1000. The summed E-state index contributed by atoms with van der Waals surface area (Å²) in [5, 5.41) is 8.34. The van der Waals surface area contributed by atoms with Crippen LogP contribution in [0.5, 0.6) is 0 Å². The number of aromatic nitrogens is 3. The number of thioether (sulfide) groups is 1. The molecule has 0 fully saturated rings. The Labute approximate surface area is 167 Å². The lowest BCUT2D eigenvalue weighted by atomic mass is 10.2. The van der Waals surface area contributed by atoms with E-state index < -0.39 is 5.97 Å². The van der Waals surface area contributed by atoms with E-state index in [-0.39, 0.29) is 23.3 Å². The van der Waals surface area contributed by atoms with Crippen molar-refractivity contribution >= 4 is 40.4 Å². The van der Waals surface area contributed by atoms with Gasteiger partial charge >= 0.3 is 5.97 Å². The molecule has 3 aromatic rings. The van der Waals surface area contributed by atoms with E-state index in [1.807, 2.05) is 43.3 Å². The quantitative estimate of drug-likeness (QED) is 0.483. The molecule has 1 amide bonds. The third-order valence-electron chi connectivity index (χ3n) is 4.17. The smallest absolute Gasteiger partial charge is 0.343 e. The second-order valence-corrected chi connectivity index (χ2v) is 7.32. The Morgan fingerprint density at radius 3 is 2.75 bits per heavy atom. The van der Waals surface area contributed by atoms with Gasteiger partial charge in [-0.05, 0) is 25.5 Å². The number of aryl methyl sites for hydroxylation is 1. The maximum atomic E-state index is 12.8. The summed E-state index contributed by atoms with van der Waals surface area (Å²) < 4.78 is 6.48. The highest BCUT2D eigenvalue weighted by atomic mass is 32.2. The molecule has 1 aromatic carbocycles. The summed E-state index contributed by atoms with van der Waals surface area (Å²) in [5.41, 5.74) is 1.13. The summed E-state index contributed by atoms with van der Waals surface area (Å²) in [4.78, 5) is 29.5. The average Bonchev–Trinajstić information content (AvgIpc) is 3.06. The summed E-state index contributed by atoms with van der Waals surface area (Å²) in [6.07, 6.45) is 2.00. The Morgan fingerprint density at radius 1 is 1.21 bits per heavy atom. The van der Waals surface area contributed by atoms with Crippen molar-refractivity contribution in [1.29, 1.82) is 0 Å². The van der Waals surface area contributed by atoms with Gasteiger partial charge in [0.1, 0.15) is 11.4 Å².